The van der Waals surface area contributed by atoms with Crippen LogP contribution >= 0.6 is 11.6 Å². The molecule has 3 aromatic heterocycles. The van der Waals surface area contributed by atoms with Crippen LogP contribution in [0.1, 0.15) is 12.8 Å². The van der Waals surface area contributed by atoms with Crippen molar-refractivity contribution in [2.24, 2.45) is 0 Å². The average Bonchev–Trinajstić information content (AvgIpc) is 3.35. The predicted molar refractivity (Wildman–Crippen MR) is 122 cm³/mol. The minimum absolute atomic E-state index is 0.0886. The summed E-state index contributed by atoms with van der Waals surface area (Å²) in [4.78, 5) is 13.7. The fraction of sp³-hybridized carbons (Fsp3) is 0.286. The molecule has 0 radical (unpaired) electrons. The van der Waals surface area contributed by atoms with E-state index in [9.17, 15) is 8.42 Å². The first-order chi connectivity index (χ1) is 15.4. The van der Waals surface area contributed by atoms with Gasteiger partial charge in [0, 0.05) is 37.1 Å². The van der Waals surface area contributed by atoms with Crippen LogP contribution in [0.4, 0.5) is 5.95 Å². The number of rotatable bonds is 5. The molecule has 1 fully saturated rings. The van der Waals surface area contributed by atoms with Crippen molar-refractivity contribution in [2.45, 2.75) is 18.9 Å². The number of nitrogens with one attached hydrogen (secondary N) is 1. The molecule has 0 unspecified atom stereocenters. The lowest BCUT2D eigenvalue weighted by molar-refractivity contribution is 0.331. The molecule has 1 aromatic carbocycles. The summed E-state index contributed by atoms with van der Waals surface area (Å²) in [6.45, 7) is 0.955. The normalized spacial score (nSPS) is 15.9. The van der Waals surface area contributed by atoms with Crippen molar-refractivity contribution in [2.75, 3.05) is 24.7 Å². The highest BCUT2D eigenvalue weighted by molar-refractivity contribution is 7.88. The number of halogens is 1. The molecular formula is C21H21ClN6O3S. The maximum atomic E-state index is 11.7. The summed E-state index contributed by atoms with van der Waals surface area (Å²) >= 11 is 6.44. The number of fused-ring (bicyclic) bond motifs is 1. The third kappa shape index (κ3) is 3.96. The summed E-state index contributed by atoms with van der Waals surface area (Å²) in [5.74, 6) is 0.917. The van der Waals surface area contributed by atoms with Crippen molar-refractivity contribution >= 4 is 33.4 Å². The predicted octanol–water partition coefficient (Wildman–Crippen LogP) is 3.54. The van der Waals surface area contributed by atoms with E-state index in [4.69, 9.17) is 21.0 Å². The van der Waals surface area contributed by atoms with Crippen LogP contribution in [0.3, 0.4) is 0 Å². The quantitative estimate of drug-likeness (QED) is 0.473. The summed E-state index contributed by atoms with van der Waals surface area (Å²) in [5.41, 5.74) is 2.87. The van der Waals surface area contributed by atoms with Crippen molar-refractivity contribution in [3.63, 3.8) is 0 Å². The van der Waals surface area contributed by atoms with Crippen molar-refractivity contribution in [3.8, 4) is 22.6 Å². The number of hydrogen-bond donors (Lipinski definition) is 1. The fourth-order valence-corrected chi connectivity index (χ4v) is 5.05. The lowest BCUT2D eigenvalue weighted by Crippen LogP contribution is -2.42. The van der Waals surface area contributed by atoms with Crippen molar-refractivity contribution < 1.29 is 12.8 Å². The van der Waals surface area contributed by atoms with E-state index in [1.54, 1.807) is 18.7 Å². The highest BCUT2D eigenvalue weighted by atomic mass is 35.5. The molecule has 166 valence electrons. The molecule has 1 aliphatic rings. The topological polar surface area (TPSA) is 106 Å². The largest absolute Gasteiger partial charge is 0.432 e. The van der Waals surface area contributed by atoms with E-state index in [-0.39, 0.29) is 6.04 Å². The van der Waals surface area contributed by atoms with Crippen molar-refractivity contribution in [1.29, 1.82) is 0 Å². The lowest BCUT2D eigenvalue weighted by Gasteiger charge is -2.30. The van der Waals surface area contributed by atoms with Crippen molar-refractivity contribution in [3.05, 3.63) is 54.0 Å². The SMILES string of the molecule is CS(=O)(=O)N1CCC(Nc2nccc(-c3c(-c4ccccc4Cl)nc4occn34)n2)CC1. The molecule has 9 nitrogen and oxygen atoms in total. The number of anilines is 1. The van der Waals surface area contributed by atoms with Gasteiger partial charge in [-0.15, -0.1) is 0 Å². The van der Waals surface area contributed by atoms with Crippen LogP contribution in [0.2, 0.25) is 5.02 Å². The monoisotopic (exact) mass is 472 g/mol. The Morgan fingerprint density at radius 1 is 1.16 bits per heavy atom. The van der Waals surface area contributed by atoms with Gasteiger partial charge in [-0.2, -0.15) is 4.98 Å². The van der Waals surface area contributed by atoms with Crippen molar-refractivity contribution in [1.82, 2.24) is 23.7 Å². The number of piperidine rings is 1. The molecule has 1 saturated heterocycles. The number of aromatic nitrogens is 4. The number of oxazole rings is 1. The van der Waals surface area contributed by atoms with Gasteiger partial charge in [-0.1, -0.05) is 29.8 Å². The first kappa shape index (κ1) is 20.9. The van der Waals surface area contributed by atoms with E-state index >= 15 is 0 Å². The van der Waals surface area contributed by atoms with Gasteiger partial charge in [0.1, 0.15) is 17.7 Å². The second kappa shape index (κ2) is 8.19. The number of imidazole rings is 1. The molecule has 0 aliphatic carbocycles. The third-order valence-corrected chi connectivity index (χ3v) is 7.18. The van der Waals surface area contributed by atoms with E-state index < -0.39 is 10.0 Å². The highest BCUT2D eigenvalue weighted by Crippen LogP contribution is 2.36. The maximum Gasteiger partial charge on any atom is 0.306 e. The van der Waals surface area contributed by atoms with E-state index in [1.165, 1.54) is 10.6 Å². The highest BCUT2D eigenvalue weighted by Gasteiger charge is 2.26. The van der Waals surface area contributed by atoms with Gasteiger partial charge in [-0.05, 0) is 25.0 Å². The molecular weight excluding hydrogens is 452 g/mol. The first-order valence-electron chi connectivity index (χ1n) is 10.2. The zero-order chi connectivity index (χ0) is 22.3. The number of benzene rings is 1. The van der Waals surface area contributed by atoms with Gasteiger partial charge in [-0.25, -0.2) is 22.7 Å². The number of nitrogens with zero attached hydrogens (tertiary/aromatic N) is 5. The molecule has 0 spiro atoms. The Hall–Kier alpha value is -2.95. The molecule has 11 heteroatoms. The van der Waals surface area contributed by atoms with Gasteiger partial charge in [0.25, 0.3) is 0 Å². The second-order valence-electron chi connectivity index (χ2n) is 7.69. The third-order valence-electron chi connectivity index (χ3n) is 5.55. The van der Waals surface area contributed by atoms with E-state index in [0.717, 1.165) is 11.3 Å². The Morgan fingerprint density at radius 3 is 2.69 bits per heavy atom. The Labute approximate surface area is 190 Å². The van der Waals surface area contributed by atoms with Crippen LogP contribution < -0.4 is 5.32 Å². The molecule has 0 saturated carbocycles. The van der Waals surface area contributed by atoms with Gasteiger partial charge in [-0.3, -0.25) is 4.40 Å². The van der Waals surface area contributed by atoms with Gasteiger partial charge < -0.3 is 9.73 Å². The Bertz CT molecular complexity index is 1380. The Kier molecular flexibility index (Phi) is 5.36. The van der Waals surface area contributed by atoms with Gasteiger partial charge in [0.2, 0.25) is 16.0 Å². The number of sulfonamides is 1. The zero-order valence-corrected chi connectivity index (χ0v) is 18.8. The average molecular weight is 473 g/mol. The van der Waals surface area contributed by atoms with E-state index in [0.29, 0.717) is 54.1 Å². The molecule has 0 amide bonds. The van der Waals surface area contributed by atoms with Crippen LogP contribution in [-0.4, -0.2) is 57.5 Å². The van der Waals surface area contributed by atoms with Crippen LogP contribution in [0.5, 0.6) is 0 Å². The maximum absolute atomic E-state index is 11.7. The van der Waals surface area contributed by atoms with Crippen LogP contribution in [-0.2, 0) is 10.0 Å². The molecule has 1 N–H and O–H groups in total. The van der Waals surface area contributed by atoms with E-state index in [2.05, 4.69) is 15.3 Å². The molecule has 32 heavy (non-hydrogen) atoms. The molecule has 4 aromatic rings. The molecule has 0 bridgehead atoms. The second-order valence-corrected chi connectivity index (χ2v) is 10.1. The molecule has 0 atom stereocenters. The smallest absolute Gasteiger partial charge is 0.306 e. The van der Waals surface area contributed by atoms with E-state index in [1.807, 2.05) is 34.7 Å². The molecule has 1 aliphatic heterocycles. The number of hydrogen-bond acceptors (Lipinski definition) is 7. The summed E-state index contributed by atoms with van der Waals surface area (Å²) in [7, 11) is -3.16. The summed E-state index contributed by atoms with van der Waals surface area (Å²) in [6, 6.07) is 9.40. The zero-order valence-electron chi connectivity index (χ0n) is 17.3. The Balaban J connectivity index is 1.46. The minimum Gasteiger partial charge on any atom is -0.432 e. The van der Waals surface area contributed by atoms with Gasteiger partial charge >= 0.3 is 5.84 Å². The summed E-state index contributed by atoms with van der Waals surface area (Å²) in [6.07, 6.45) is 7.65. The van der Waals surface area contributed by atoms with Crippen LogP contribution in [0.25, 0.3) is 28.5 Å². The van der Waals surface area contributed by atoms with Gasteiger partial charge in [0.15, 0.2) is 0 Å². The summed E-state index contributed by atoms with van der Waals surface area (Å²) in [5, 5.41) is 3.93. The molecule has 5 rings (SSSR count). The minimum atomic E-state index is -3.16. The van der Waals surface area contributed by atoms with Gasteiger partial charge in [0.05, 0.1) is 17.0 Å². The standard InChI is InChI=1S/C21H21ClN6O3S/c1-32(29,30)27-10-7-14(8-11-27)24-20-23-9-6-17(25-20)19-18(15-4-2-3-5-16(15)22)26-21-28(19)12-13-31-21/h2-6,9,12-14H,7-8,10-11H2,1H3,(H,23,24,25). The Morgan fingerprint density at radius 2 is 1.94 bits per heavy atom. The van der Waals surface area contributed by atoms with Crippen LogP contribution in [0.15, 0.2) is 53.4 Å². The first-order valence-corrected chi connectivity index (χ1v) is 12.4. The molecule has 4 heterocycles. The fourth-order valence-electron chi connectivity index (χ4n) is 3.95. The summed E-state index contributed by atoms with van der Waals surface area (Å²) < 4.78 is 32.3. The lowest BCUT2D eigenvalue weighted by atomic mass is 10.1. The van der Waals surface area contributed by atoms with Crippen LogP contribution in [0, 0.1) is 0 Å².